The quantitative estimate of drug-likeness (QED) is 0.542. The summed E-state index contributed by atoms with van der Waals surface area (Å²) >= 11 is 0. The third-order valence-electron chi connectivity index (χ3n) is 8.78. The van der Waals surface area contributed by atoms with E-state index in [0.717, 1.165) is 56.5 Å². The van der Waals surface area contributed by atoms with Crippen LogP contribution >= 0.6 is 0 Å². The number of rotatable bonds is 7. The molecule has 0 spiro atoms. The first-order valence-electron chi connectivity index (χ1n) is 14.4. The highest BCUT2D eigenvalue weighted by molar-refractivity contribution is 7.88. The third kappa shape index (κ3) is 6.42. The maximum absolute atomic E-state index is 13.6. The number of carbonyl (C=O) groups is 1. The van der Waals surface area contributed by atoms with Gasteiger partial charge in [-0.1, -0.05) is 18.2 Å². The molecule has 1 atom stereocenters. The lowest BCUT2D eigenvalue weighted by atomic mass is 9.96. The van der Waals surface area contributed by atoms with Crippen molar-refractivity contribution in [2.45, 2.75) is 58.0 Å². The molecule has 3 aliphatic heterocycles. The summed E-state index contributed by atoms with van der Waals surface area (Å²) in [6.07, 6.45) is 5.73. The van der Waals surface area contributed by atoms with E-state index in [9.17, 15) is 13.2 Å². The first-order chi connectivity index (χ1) is 19.1. The largest absolute Gasteiger partial charge is 0.493 e. The van der Waals surface area contributed by atoms with Gasteiger partial charge in [-0.2, -0.15) is 0 Å². The molecule has 218 valence electrons. The van der Waals surface area contributed by atoms with Crippen molar-refractivity contribution in [1.82, 2.24) is 24.1 Å². The molecule has 5 rings (SSSR count). The summed E-state index contributed by atoms with van der Waals surface area (Å²) in [5.74, 6) is 2.55. The molecule has 2 saturated heterocycles. The fourth-order valence-corrected chi connectivity index (χ4v) is 6.99. The number of amides is 1. The second kappa shape index (κ2) is 12.0. The van der Waals surface area contributed by atoms with Gasteiger partial charge in [0.1, 0.15) is 23.1 Å². The molecule has 0 aliphatic carbocycles. The summed E-state index contributed by atoms with van der Waals surface area (Å²) in [7, 11) is -1.49. The Balaban J connectivity index is 1.15. The van der Waals surface area contributed by atoms with E-state index in [4.69, 9.17) is 4.74 Å². The van der Waals surface area contributed by atoms with Crippen molar-refractivity contribution in [2.75, 3.05) is 58.0 Å². The second-order valence-corrected chi connectivity index (χ2v) is 13.6. The number of sulfonamides is 1. The minimum absolute atomic E-state index is 0.0343. The first-order valence-corrected chi connectivity index (χ1v) is 16.2. The number of hydrogen-bond donors (Lipinski definition) is 1. The predicted octanol–water partition coefficient (Wildman–Crippen LogP) is 2.72. The number of likely N-dealkylation sites (tertiary alicyclic amines) is 2. The van der Waals surface area contributed by atoms with Crippen LogP contribution in [-0.2, 0) is 16.4 Å². The summed E-state index contributed by atoms with van der Waals surface area (Å²) in [5, 5.41) is 3.47. The van der Waals surface area contributed by atoms with E-state index in [1.807, 2.05) is 36.9 Å². The number of fused-ring (bicyclic) bond motifs is 1. The van der Waals surface area contributed by atoms with Gasteiger partial charge >= 0.3 is 0 Å². The number of ether oxygens (including phenoxy) is 1. The van der Waals surface area contributed by atoms with Crippen LogP contribution in [0.4, 0.5) is 5.82 Å². The molecule has 4 heterocycles. The molecule has 3 aliphatic rings. The van der Waals surface area contributed by atoms with Crippen molar-refractivity contribution in [3.8, 4) is 5.75 Å². The van der Waals surface area contributed by atoms with Crippen molar-refractivity contribution < 1.29 is 17.9 Å². The number of hydrogen-bond acceptors (Lipinski definition) is 8. The van der Waals surface area contributed by atoms with Crippen LogP contribution in [0, 0.1) is 19.8 Å². The average Bonchev–Trinajstić information content (AvgIpc) is 2.96. The van der Waals surface area contributed by atoms with Gasteiger partial charge in [-0.05, 0) is 70.7 Å². The monoisotopic (exact) mass is 570 g/mol. The van der Waals surface area contributed by atoms with Crippen LogP contribution in [0.25, 0.3) is 0 Å². The summed E-state index contributed by atoms with van der Waals surface area (Å²) < 4.78 is 31.3. The lowest BCUT2D eigenvalue weighted by Gasteiger charge is -2.43. The van der Waals surface area contributed by atoms with E-state index in [1.165, 1.54) is 16.1 Å². The molecule has 1 amide bonds. The molecule has 1 unspecified atom stereocenters. The smallest absolute Gasteiger partial charge is 0.272 e. The minimum atomic E-state index is -3.17. The highest BCUT2D eigenvalue weighted by Gasteiger charge is 2.33. The van der Waals surface area contributed by atoms with Gasteiger partial charge in [0, 0.05) is 50.2 Å². The number of aromatic nitrogens is 2. The van der Waals surface area contributed by atoms with Gasteiger partial charge in [0.25, 0.3) is 5.91 Å². The number of carbonyl (C=O) groups excluding carboxylic acids is 1. The molecule has 2 aromatic rings. The molecule has 10 nitrogen and oxygen atoms in total. The van der Waals surface area contributed by atoms with Gasteiger partial charge in [-0.15, -0.1) is 0 Å². The van der Waals surface area contributed by atoms with Crippen molar-refractivity contribution >= 4 is 21.7 Å². The molecule has 40 heavy (non-hydrogen) atoms. The number of para-hydroxylation sites is 1. The zero-order valence-corrected chi connectivity index (χ0v) is 24.9. The van der Waals surface area contributed by atoms with Crippen LogP contribution in [0.2, 0.25) is 0 Å². The van der Waals surface area contributed by atoms with Crippen LogP contribution in [-0.4, -0.2) is 103 Å². The maximum Gasteiger partial charge on any atom is 0.272 e. The summed E-state index contributed by atoms with van der Waals surface area (Å²) in [5.41, 5.74) is 2.48. The summed E-state index contributed by atoms with van der Waals surface area (Å²) in [6.45, 7) is 8.28. The topological polar surface area (TPSA) is 108 Å². The van der Waals surface area contributed by atoms with E-state index < -0.39 is 10.0 Å². The molecule has 0 saturated carbocycles. The van der Waals surface area contributed by atoms with Crippen LogP contribution in [0.15, 0.2) is 24.3 Å². The molecule has 1 aromatic carbocycles. The number of anilines is 1. The fourth-order valence-electron chi connectivity index (χ4n) is 6.24. The number of aryl methyl sites for hydroxylation is 1. The number of nitrogens with one attached hydrogen (secondary N) is 1. The fraction of sp³-hybridized carbons (Fsp3) is 0.621. The van der Waals surface area contributed by atoms with Gasteiger partial charge < -0.3 is 19.9 Å². The van der Waals surface area contributed by atoms with Crippen LogP contribution in [0.3, 0.4) is 0 Å². The normalized spacial score (nSPS) is 21.2. The van der Waals surface area contributed by atoms with Crippen molar-refractivity contribution in [1.29, 1.82) is 0 Å². The van der Waals surface area contributed by atoms with Crippen LogP contribution < -0.4 is 10.1 Å². The molecule has 0 bridgehead atoms. The zero-order chi connectivity index (χ0) is 28.4. The van der Waals surface area contributed by atoms with Crippen LogP contribution in [0.1, 0.15) is 53.1 Å². The molecular weight excluding hydrogens is 528 g/mol. The lowest BCUT2D eigenvalue weighted by molar-refractivity contribution is 0.0542. The average molecular weight is 571 g/mol. The number of piperidine rings is 2. The standard InChI is InChI=1S/C29H42N6O4S/c1-20-27(31-21(2)32-28(20)30-18-22-17-23-7-5-6-8-26(23)39-19-22)29(36)35-15-11-25(12-16-35)34-13-9-24(10-14-34)33(3)40(4,37)38/h5-8,22,24-25H,9-19H2,1-4H3,(H,30,31,32). The molecule has 1 N–H and O–H groups in total. The lowest BCUT2D eigenvalue weighted by Crippen LogP contribution is -2.52. The molecule has 1 aromatic heterocycles. The van der Waals surface area contributed by atoms with Gasteiger partial charge in [0.15, 0.2) is 0 Å². The number of benzene rings is 1. The number of nitrogens with zero attached hydrogens (tertiary/aromatic N) is 5. The SMILES string of the molecule is Cc1nc(NCC2COc3ccccc3C2)c(C)c(C(=O)N2CCC(N3CCC(N(C)S(C)(=O)=O)CC3)CC2)n1. The molecule has 0 radical (unpaired) electrons. The van der Waals surface area contributed by atoms with Crippen molar-refractivity contribution in [3.63, 3.8) is 0 Å². The Morgan fingerprint density at radius 1 is 1.07 bits per heavy atom. The Morgan fingerprint density at radius 3 is 2.48 bits per heavy atom. The van der Waals surface area contributed by atoms with Crippen molar-refractivity contribution in [3.05, 3.63) is 46.9 Å². The van der Waals surface area contributed by atoms with Crippen LogP contribution in [0.5, 0.6) is 5.75 Å². The molecule has 11 heteroatoms. The Morgan fingerprint density at radius 2 is 1.77 bits per heavy atom. The van der Waals surface area contributed by atoms with E-state index in [2.05, 4.69) is 26.3 Å². The Bertz CT molecular complexity index is 1320. The third-order valence-corrected chi connectivity index (χ3v) is 10.1. The molecule has 2 fully saturated rings. The van der Waals surface area contributed by atoms with Gasteiger partial charge in [-0.25, -0.2) is 22.7 Å². The zero-order valence-electron chi connectivity index (χ0n) is 24.1. The Labute approximate surface area is 238 Å². The highest BCUT2D eigenvalue weighted by Crippen LogP contribution is 2.28. The highest BCUT2D eigenvalue weighted by atomic mass is 32.2. The summed E-state index contributed by atoms with van der Waals surface area (Å²) in [4.78, 5) is 27.1. The van der Waals surface area contributed by atoms with Gasteiger partial charge in [0.2, 0.25) is 10.0 Å². The van der Waals surface area contributed by atoms with Gasteiger partial charge in [0.05, 0.1) is 12.9 Å². The van der Waals surface area contributed by atoms with E-state index in [-0.39, 0.29) is 11.9 Å². The van der Waals surface area contributed by atoms with Crippen molar-refractivity contribution in [2.24, 2.45) is 5.92 Å². The minimum Gasteiger partial charge on any atom is -0.493 e. The Hall–Kier alpha value is -2.76. The van der Waals surface area contributed by atoms with E-state index in [0.29, 0.717) is 55.5 Å². The maximum atomic E-state index is 13.6. The second-order valence-electron chi connectivity index (χ2n) is 11.5. The van der Waals surface area contributed by atoms with Gasteiger partial charge in [-0.3, -0.25) is 4.79 Å². The Kier molecular flexibility index (Phi) is 8.63. The molecular formula is C29H42N6O4S. The summed E-state index contributed by atoms with van der Waals surface area (Å²) in [6, 6.07) is 8.65. The van der Waals surface area contributed by atoms with E-state index >= 15 is 0 Å². The predicted molar refractivity (Wildman–Crippen MR) is 155 cm³/mol. The first kappa shape index (κ1) is 28.8. The van der Waals surface area contributed by atoms with E-state index in [1.54, 1.807) is 7.05 Å².